The Morgan fingerprint density at radius 3 is 2.25 bits per heavy atom. The van der Waals surface area contributed by atoms with Crippen LogP contribution in [0.15, 0.2) is 72.8 Å². The van der Waals surface area contributed by atoms with Crippen LogP contribution in [0, 0.1) is 12.8 Å². The smallest absolute Gasteiger partial charge is 0.334 e. The molecule has 0 fully saturated rings. The quantitative estimate of drug-likeness (QED) is 0.181. The van der Waals surface area contributed by atoms with Crippen molar-refractivity contribution in [2.24, 2.45) is 5.92 Å². The summed E-state index contributed by atoms with van der Waals surface area (Å²) in [7, 11) is 0. The van der Waals surface area contributed by atoms with Crippen molar-refractivity contribution in [2.75, 3.05) is 6.61 Å². The second kappa shape index (κ2) is 13.7. The van der Waals surface area contributed by atoms with Gasteiger partial charge in [-0.05, 0) is 49.3 Å². The van der Waals surface area contributed by atoms with Crippen molar-refractivity contribution < 1.29 is 9.53 Å². The molecule has 2 atom stereocenters. The third-order valence-electron chi connectivity index (χ3n) is 6.08. The van der Waals surface area contributed by atoms with E-state index in [0.717, 1.165) is 23.1 Å². The third-order valence-corrected chi connectivity index (χ3v) is 6.08. The van der Waals surface area contributed by atoms with E-state index in [1.165, 1.54) is 37.7 Å². The molecule has 2 aromatic rings. The lowest BCUT2D eigenvalue weighted by Gasteiger charge is -2.25. The highest BCUT2D eigenvalue weighted by atomic mass is 16.5. The van der Waals surface area contributed by atoms with Crippen molar-refractivity contribution in [2.45, 2.75) is 72.1 Å². The van der Waals surface area contributed by atoms with Gasteiger partial charge in [-0.2, -0.15) is 0 Å². The Hall–Kier alpha value is -2.61. The zero-order chi connectivity index (χ0) is 23.3. The van der Waals surface area contributed by atoms with Crippen LogP contribution in [0.5, 0.6) is 0 Å². The molecule has 2 heteroatoms. The van der Waals surface area contributed by atoms with Crippen molar-refractivity contribution in [3.63, 3.8) is 0 Å². The summed E-state index contributed by atoms with van der Waals surface area (Å²) in [6.45, 7) is 13.0. The molecule has 2 aromatic carbocycles. The minimum Gasteiger partial charge on any atom is -0.463 e. The van der Waals surface area contributed by atoms with E-state index in [1.807, 2.05) is 25.1 Å². The number of allylic oxidation sites excluding steroid dienone is 2. The molecular formula is C30H40O2. The summed E-state index contributed by atoms with van der Waals surface area (Å²) >= 11 is 0. The van der Waals surface area contributed by atoms with Gasteiger partial charge >= 0.3 is 5.97 Å². The number of hydrogen-bond donors (Lipinski definition) is 0. The molecule has 172 valence electrons. The molecule has 0 amide bonds. The fourth-order valence-corrected chi connectivity index (χ4v) is 4.15. The fourth-order valence-electron chi connectivity index (χ4n) is 4.15. The highest BCUT2D eigenvalue weighted by molar-refractivity contribution is 5.94. The van der Waals surface area contributed by atoms with Crippen LogP contribution >= 0.6 is 0 Å². The largest absolute Gasteiger partial charge is 0.463 e. The molecule has 2 rings (SSSR count). The van der Waals surface area contributed by atoms with Gasteiger partial charge in [0.05, 0.1) is 6.61 Å². The number of unbranched alkanes of at least 4 members (excludes halogenated alkanes) is 3. The SMILES string of the molecule is C=C(C(=O)OCC)C(/C(=C/C(CC)CCCCCC)c1ccc(C)cc1)c1ccccc1. The van der Waals surface area contributed by atoms with E-state index < -0.39 is 0 Å². The second-order valence-corrected chi connectivity index (χ2v) is 8.60. The van der Waals surface area contributed by atoms with Crippen LogP contribution in [0.1, 0.15) is 81.9 Å². The number of rotatable bonds is 13. The Morgan fingerprint density at radius 1 is 0.969 bits per heavy atom. The topological polar surface area (TPSA) is 26.3 Å². The van der Waals surface area contributed by atoms with Crippen LogP contribution in [-0.2, 0) is 9.53 Å². The van der Waals surface area contributed by atoms with Gasteiger partial charge in [-0.25, -0.2) is 4.79 Å². The lowest BCUT2D eigenvalue weighted by Crippen LogP contribution is -2.16. The first-order valence-electron chi connectivity index (χ1n) is 12.2. The van der Waals surface area contributed by atoms with Gasteiger partial charge in [-0.3, -0.25) is 0 Å². The molecular weight excluding hydrogens is 392 g/mol. The minimum absolute atomic E-state index is 0.234. The highest BCUT2D eigenvalue weighted by Gasteiger charge is 2.27. The number of esters is 1. The van der Waals surface area contributed by atoms with E-state index in [2.05, 4.69) is 69.8 Å². The predicted molar refractivity (Wildman–Crippen MR) is 137 cm³/mol. The number of hydrogen-bond acceptors (Lipinski definition) is 2. The Morgan fingerprint density at radius 2 is 1.66 bits per heavy atom. The summed E-state index contributed by atoms with van der Waals surface area (Å²) in [5.74, 6) is -0.0950. The van der Waals surface area contributed by atoms with Crippen molar-refractivity contribution >= 4 is 11.5 Å². The van der Waals surface area contributed by atoms with Gasteiger partial charge in [0.1, 0.15) is 0 Å². The van der Waals surface area contributed by atoms with E-state index in [-0.39, 0.29) is 11.9 Å². The summed E-state index contributed by atoms with van der Waals surface area (Å²) < 4.78 is 5.37. The average molecular weight is 433 g/mol. The molecule has 32 heavy (non-hydrogen) atoms. The Balaban J connectivity index is 2.54. The fraction of sp³-hybridized carbons (Fsp3) is 0.433. The lowest BCUT2D eigenvalue weighted by atomic mass is 9.79. The maximum absolute atomic E-state index is 12.8. The first-order valence-corrected chi connectivity index (χ1v) is 12.2. The average Bonchev–Trinajstić information content (AvgIpc) is 2.81. The normalized spacial score (nSPS) is 13.4. The molecule has 0 aliphatic rings. The Labute approximate surface area is 195 Å². The first kappa shape index (κ1) is 25.6. The Bertz CT molecular complexity index is 861. The van der Waals surface area contributed by atoms with Gasteiger partial charge in [-0.1, -0.05) is 112 Å². The molecule has 0 spiro atoms. The molecule has 2 unspecified atom stereocenters. The van der Waals surface area contributed by atoms with Gasteiger partial charge in [0.2, 0.25) is 0 Å². The van der Waals surface area contributed by atoms with Gasteiger partial charge in [0.15, 0.2) is 0 Å². The number of ether oxygens (including phenoxy) is 1. The monoisotopic (exact) mass is 432 g/mol. The summed E-state index contributed by atoms with van der Waals surface area (Å²) in [5, 5.41) is 0. The predicted octanol–water partition coefficient (Wildman–Crippen LogP) is 8.28. The molecule has 0 aliphatic carbocycles. The first-order chi connectivity index (χ1) is 15.5. The van der Waals surface area contributed by atoms with Crippen LogP contribution in [0.4, 0.5) is 0 Å². The highest BCUT2D eigenvalue weighted by Crippen LogP contribution is 2.39. The maximum Gasteiger partial charge on any atom is 0.334 e. The summed E-state index contributed by atoms with van der Waals surface area (Å²) in [5.41, 5.74) is 5.07. The second-order valence-electron chi connectivity index (χ2n) is 8.60. The van der Waals surface area contributed by atoms with Gasteiger partial charge < -0.3 is 4.74 Å². The number of carbonyl (C=O) groups is 1. The molecule has 0 saturated heterocycles. The zero-order valence-electron chi connectivity index (χ0n) is 20.4. The summed E-state index contributed by atoms with van der Waals surface area (Å²) in [4.78, 5) is 12.8. The molecule has 0 heterocycles. The van der Waals surface area contributed by atoms with Crippen LogP contribution in [0.25, 0.3) is 5.57 Å². The minimum atomic E-state index is -0.324. The third kappa shape index (κ3) is 7.51. The molecule has 0 bridgehead atoms. The van der Waals surface area contributed by atoms with Gasteiger partial charge in [-0.15, -0.1) is 0 Å². The van der Waals surface area contributed by atoms with Crippen molar-refractivity contribution in [3.8, 4) is 0 Å². The number of benzene rings is 2. The standard InChI is InChI=1S/C30H40O2/c1-6-9-10-12-15-25(7-2)22-28(26-20-18-23(4)19-21-26)29(24(5)30(31)32-8-3)27-16-13-11-14-17-27/h11,13-14,16-22,25,29H,5-10,12,15H2,1-4H3/b28-22+. The van der Waals surface area contributed by atoms with E-state index in [1.54, 1.807) is 0 Å². The number of carbonyl (C=O) groups excluding carboxylic acids is 1. The van der Waals surface area contributed by atoms with Crippen LogP contribution in [0.3, 0.4) is 0 Å². The van der Waals surface area contributed by atoms with Crippen LogP contribution in [0.2, 0.25) is 0 Å². The maximum atomic E-state index is 12.8. The molecule has 2 nitrogen and oxygen atoms in total. The van der Waals surface area contributed by atoms with Crippen molar-refractivity contribution in [3.05, 3.63) is 89.5 Å². The van der Waals surface area contributed by atoms with E-state index in [9.17, 15) is 4.79 Å². The molecule has 0 aromatic heterocycles. The summed E-state index contributed by atoms with van der Waals surface area (Å²) in [6, 6.07) is 18.8. The van der Waals surface area contributed by atoms with Gasteiger partial charge in [0.25, 0.3) is 0 Å². The van der Waals surface area contributed by atoms with E-state index in [4.69, 9.17) is 4.74 Å². The van der Waals surface area contributed by atoms with Crippen LogP contribution < -0.4 is 0 Å². The Kier molecular flexibility index (Phi) is 11.0. The number of aryl methyl sites for hydroxylation is 1. The zero-order valence-corrected chi connectivity index (χ0v) is 20.4. The molecule has 0 saturated carbocycles. The molecule has 0 aliphatic heterocycles. The lowest BCUT2D eigenvalue weighted by molar-refractivity contribution is -0.138. The molecule has 0 N–H and O–H groups in total. The molecule has 0 radical (unpaired) electrons. The van der Waals surface area contributed by atoms with E-state index >= 15 is 0 Å². The van der Waals surface area contributed by atoms with Gasteiger partial charge in [0, 0.05) is 11.5 Å². The van der Waals surface area contributed by atoms with E-state index in [0.29, 0.717) is 18.1 Å². The van der Waals surface area contributed by atoms with Crippen molar-refractivity contribution in [1.82, 2.24) is 0 Å². The summed E-state index contributed by atoms with van der Waals surface area (Å²) in [6.07, 6.45) is 9.69. The van der Waals surface area contributed by atoms with Crippen molar-refractivity contribution in [1.29, 1.82) is 0 Å². The van der Waals surface area contributed by atoms with Crippen LogP contribution in [-0.4, -0.2) is 12.6 Å².